The zero-order valence-electron chi connectivity index (χ0n) is 12.0. The lowest BCUT2D eigenvalue weighted by Gasteiger charge is -2.26. The van der Waals surface area contributed by atoms with Gasteiger partial charge in [-0.2, -0.15) is 0 Å². The van der Waals surface area contributed by atoms with Gasteiger partial charge in [-0.15, -0.1) is 0 Å². The minimum absolute atomic E-state index is 0.731. The largest absolute Gasteiger partial charge is 0.314 e. The van der Waals surface area contributed by atoms with Crippen LogP contribution in [0.25, 0.3) is 0 Å². The molecule has 1 aliphatic carbocycles. The van der Waals surface area contributed by atoms with Gasteiger partial charge in [0.05, 0.1) is 0 Å². The summed E-state index contributed by atoms with van der Waals surface area (Å²) in [5.74, 6) is 0.817. The van der Waals surface area contributed by atoms with Crippen LogP contribution in [0, 0.1) is 5.92 Å². The molecule has 0 radical (unpaired) electrons. The molecule has 0 bridgehead atoms. The normalized spacial score (nSPS) is 23.2. The van der Waals surface area contributed by atoms with Crippen molar-refractivity contribution in [3.8, 4) is 0 Å². The van der Waals surface area contributed by atoms with Gasteiger partial charge in [0.25, 0.3) is 0 Å². The summed E-state index contributed by atoms with van der Waals surface area (Å²) < 4.78 is 1.17. The van der Waals surface area contributed by atoms with E-state index in [1.54, 1.807) is 0 Å². The Hall–Kier alpha value is -0.380. The maximum atomic E-state index is 3.64. The molecule has 0 saturated heterocycles. The lowest BCUT2D eigenvalue weighted by atomic mass is 10.0. The molecule has 0 amide bonds. The fraction of sp³-hybridized carbons (Fsp3) is 0.625. The summed E-state index contributed by atoms with van der Waals surface area (Å²) in [6.45, 7) is 5.54. The quantitative estimate of drug-likeness (QED) is 0.859. The van der Waals surface area contributed by atoms with Crippen molar-refractivity contribution >= 4 is 15.9 Å². The minimum Gasteiger partial charge on any atom is -0.314 e. The number of hydrogen-bond acceptors (Lipinski definition) is 2. The molecule has 19 heavy (non-hydrogen) atoms. The van der Waals surface area contributed by atoms with Gasteiger partial charge in [0, 0.05) is 23.6 Å². The molecule has 2 nitrogen and oxygen atoms in total. The molecular formula is C16H25BrN2. The highest BCUT2D eigenvalue weighted by molar-refractivity contribution is 9.10. The number of benzene rings is 1. The van der Waals surface area contributed by atoms with Crippen molar-refractivity contribution in [2.75, 3.05) is 20.1 Å². The number of nitrogens with zero attached hydrogens (tertiary/aromatic N) is 1. The summed E-state index contributed by atoms with van der Waals surface area (Å²) in [6, 6.07) is 9.35. The molecular weight excluding hydrogens is 300 g/mol. The summed E-state index contributed by atoms with van der Waals surface area (Å²) >= 11 is 3.54. The van der Waals surface area contributed by atoms with Crippen molar-refractivity contribution in [2.24, 2.45) is 5.92 Å². The van der Waals surface area contributed by atoms with Crippen LogP contribution < -0.4 is 5.32 Å². The van der Waals surface area contributed by atoms with Gasteiger partial charge in [0.2, 0.25) is 0 Å². The maximum absolute atomic E-state index is 3.64. The van der Waals surface area contributed by atoms with Crippen LogP contribution >= 0.6 is 15.9 Å². The van der Waals surface area contributed by atoms with Crippen LogP contribution in [-0.2, 0) is 6.54 Å². The summed E-state index contributed by atoms with van der Waals surface area (Å²) in [5.41, 5.74) is 1.38. The molecule has 3 heteroatoms. The van der Waals surface area contributed by atoms with Crippen LogP contribution in [0.15, 0.2) is 28.7 Å². The van der Waals surface area contributed by atoms with E-state index >= 15 is 0 Å². The SMILES string of the molecule is CCNC1CCCC1CN(C)Cc1cccc(Br)c1. The van der Waals surface area contributed by atoms with Crippen LogP contribution in [0.4, 0.5) is 0 Å². The van der Waals surface area contributed by atoms with Crippen LogP contribution in [0.3, 0.4) is 0 Å². The highest BCUT2D eigenvalue weighted by Gasteiger charge is 2.27. The van der Waals surface area contributed by atoms with Crippen molar-refractivity contribution < 1.29 is 0 Å². The van der Waals surface area contributed by atoms with Crippen LogP contribution in [0.5, 0.6) is 0 Å². The average Bonchev–Trinajstić information content (AvgIpc) is 2.77. The Morgan fingerprint density at radius 1 is 1.37 bits per heavy atom. The molecule has 1 N–H and O–H groups in total. The van der Waals surface area contributed by atoms with E-state index in [-0.39, 0.29) is 0 Å². The van der Waals surface area contributed by atoms with E-state index in [0.29, 0.717) is 0 Å². The second-order valence-electron chi connectivity index (χ2n) is 5.68. The van der Waals surface area contributed by atoms with E-state index in [4.69, 9.17) is 0 Å². The van der Waals surface area contributed by atoms with E-state index in [2.05, 4.69) is 64.4 Å². The highest BCUT2D eigenvalue weighted by Crippen LogP contribution is 2.26. The van der Waals surface area contributed by atoms with Gasteiger partial charge < -0.3 is 10.2 Å². The first kappa shape index (κ1) is 15.0. The van der Waals surface area contributed by atoms with Gasteiger partial charge in [-0.25, -0.2) is 0 Å². The number of rotatable bonds is 6. The zero-order valence-corrected chi connectivity index (χ0v) is 13.6. The predicted octanol–water partition coefficient (Wildman–Crippen LogP) is 3.66. The predicted molar refractivity (Wildman–Crippen MR) is 85.3 cm³/mol. The first-order valence-electron chi connectivity index (χ1n) is 7.35. The molecule has 1 aliphatic rings. The molecule has 106 valence electrons. The van der Waals surface area contributed by atoms with Crippen molar-refractivity contribution in [1.29, 1.82) is 0 Å². The monoisotopic (exact) mass is 324 g/mol. The summed E-state index contributed by atoms with van der Waals surface area (Å²) in [7, 11) is 2.24. The molecule has 1 aromatic carbocycles. The molecule has 2 unspecified atom stereocenters. The Morgan fingerprint density at radius 3 is 2.95 bits per heavy atom. The van der Waals surface area contributed by atoms with Gasteiger partial charge >= 0.3 is 0 Å². The summed E-state index contributed by atoms with van der Waals surface area (Å²) in [6.07, 6.45) is 4.11. The molecule has 1 aromatic rings. The zero-order chi connectivity index (χ0) is 13.7. The molecule has 2 rings (SSSR count). The van der Waals surface area contributed by atoms with Crippen molar-refractivity contribution in [2.45, 2.75) is 38.8 Å². The molecule has 0 spiro atoms. The fourth-order valence-electron chi connectivity index (χ4n) is 3.20. The van der Waals surface area contributed by atoms with Gasteiger partial charge in [-0.05, 0) is 50.0 Å². The number of halogens is 1. The molecule has 2 atom stereocenters. The maximum Gasteiger partial charge on any atom is 0.0231 e. The highest BCUT2D eigenvalue weighted by atomic mass is 79.9. The minimum atomic E-state index is 0.731. The van der Waals surface area contributed by atoms with E-state index in [0.717, 1.165) is 25.0 Å². The number of nitrogens with one attached hydrogen (secondary N) is 1. The lowest BCUT2D eigenvalue weighted by molar-refractivity contribution is 0.246. The Kier molecular flexibility index (Phi) is 5.86. The van der Waals surface area contributed by atoms with E-state index < -0.39 is 0 Å². The topological polar surface area (TPSA) is 15.3 Å². The second kappa shape index (κ2) is 7.41. The molecule has 0 aliphatic heterocycles. The third kappa shape index (κ3) is 4.59. The van der Waals surface area contributed by atoms with Gasteiger partial charge in [0.15, 0.2) is 0 Å². The van der Waals surface area contributed by atoms with Gasteiger partial charge in [0.1, 0.15) is 0 Å². The van der Waals surface area contributed by atoms with E-state index in [9.17, 15) is 0 Å². The molecule has 0 aromatic heterocycles. The first-order chi connectivity index (χ1) is 9.19. The third-order valence-corrected chi connectivity index (χ3v) is 4.51. The van der Waals surface area contributed by atoms with Crippen LogP contribution in [0.2, 0.25) is 0 Å². The molecule has 1 fully saturated rings. The van der Waals surface area contributed by atoms with Crippen molar-refractivity contribution in [3.05, 3.63) is 34.3 Å². The van der Waals surface area contributed by atoms with E-state index in [1.807, 2.05) is 0 Å². The molecule has 0 heterocycles. The lowest BCUT2D eigenvalue weighted by Crippen LogP contribution is -2.38. The van der Waals surface area contributed by atoms with Crippen LogP contribution in [0.1, 0.15) is 31.7 Å². The van der Waals surface area contributed by atoms with Crippen LogP contribution in [-0.4, -0.2) is 31.1 Å². The van der Waals surface area contributed by atoms with Gasteiger partial charge in [-0.1, -0.05) is 41.4 Å². The first-order valence-corrected chi connectivity index (χ1v) is 8.14. The fourth-order valence-corrected chi connectivity index (χ4v) is 3.64. The standard InChI is InChI=1S/C16H25BrN2/c1-3-18-16-9-5-7-14(16)12-19(2)11-13-6-4-8-15(17)10-13/h4,6,8,10,14,16,18H,3,5,7,9,11-12H2,1-2H3. The smallest absolute Gasteiger partial charge is 0.0231 e. The Balaban J connectivity index is 1.85. The molecule has 1 saturated carbocycles. The van der Waals surface area contributed by atoms with Gasteiger partial charge in [-0.3, -0.25) is 0 Å². The Bertz CT molecular complexity index is 394. The average molecular weight is 325 g/mol. The Labute approximate surface area is 125 Å². The van der Waals surface area contributed by atoms with Crippen molar-refractivity contribution in [3.63, 3.8) is 0 Å². The second-order valence-corrected chi connectivity index (χ2v) is 6.60. The number of hydrogen-bond donors (Lipinski definition) is 1. The Morgan fingerprint density at radius 2 is 2.21 bits per heavy atom. The summed E-state index contributed by atoms with van der Waals surface area (Å²) in [5, 5.41) is 3.64. The third-order valence-electron chi connectivity index (χ3n) is 4.01. The summed E-state index contributed by atoms with van der Waals surface area (Å²) in [4.78, 5) is 2.46. The van der Waals surface area contributed by atoms with E-state index in [1.165, 1.54) is 35.8 Å². The van der Waals surface area contributed by atoms with Crippen molar-refractivity contribution in [1.82, 2.24) is 10.2 Å².